The van der Waals surface area contributed by atoms with Gasteiger partial charge in [-0.3, -0.25) is 4.98 Å². The van der Waals surface area contributed by atoms with Gasteiger partial charge in [0.1, 0.15) is 17.7 Å². The second-order valence-corrected chi connectivity index (χ2v) is 3.91. The van der Waals surface area contributed by atoms with Crippen molar-refractivity contribution in [2.45, 2.75) is 6.10 Å². The molecule has 88 valence electrons. The van der Waals surface area contributed by atoms with Gasteiger partial charge in [0, 0.05) is 22.3 Å². The molecule has 0 spiro atoms. The van der Waals surface area contributed by atoms with Crippen molar-refractivity contribution in [1.29, 1.82) is 0 Å². The number of hydrogen-bond donors (Lipinski definition) is 1. The van der Waals surface area contributed by atoms with Crippen LogP contribution in [0.2, 0.25) is 5.02 Å². The van der Waals surface area contributed by atoms with E-state index in [0.29, 0.717) is 5.56 Å². The molecule has 0 fully saturated rings. The van der Waals surface area contributed by atoms with Gasteiger partial charge in [-0.1, -0.05) is 17.7 Å². The van der Waals surface area contributed by atoms with Crippen LogP contribution in [0, 0.1) is 11.6 Å². The van der Waals surface area contributed by atoms with E-state index in [1.807, 2.05) is 0 Å². The fourth-order valence-corrected chi connectivity index (χ4v) is 1.75. The van der Waals surface area contributed by atoms with Gasteiger partial charge in [0.15, 0.2) is 0 Å². The minimum Gasteiger partial charge on any atom is -0.384 e. The lowest BCUT2D eigenvalue weighted by Crippen LogP contribution is -2.02. The Morgan fingerprint density at radius 2 is 1.88 bits per heavy atom. The van der Waals surface area contributed by atoms with Crippen molar-refractivity contribution < 1.29 is 13.9 Å². The van der Waals surface area contributed by atoms with E-state index < -0.39 is 17.7 Å². The van der Waals surface area contributed by atoms with Crippen LogP contribution < -0.4 is 0 Å². The highest BCUT2D eigenvalue weighted by Crippen LogP contribution is 2.28. The van der Waals surface area contributed by atoms with Crippen molar-refractivity contribution in [3.63, 3.8) is 0 Å². The largest absolute Gasteiger partial charge is 0.384 e. The molecule has 2 nitrogen and oxygen atoms in total. The number of aliphatic hydroxyl groups excluding tert-OH is 1. The van der Waals surface area contributed by atoms with Crippen LogP contribution in [0.15, 0.2) is 36.7 Å². The molecule has 5 heteroatoms. The summed E-state index contributed by atoms with van der Waals surface area (Å²) in [5, 5.41) is 10.1. The maximum absolute atomic E-state index is 12.9. The first-order valence-corrected chi connectivity index (χ1v) is 5.19. The highest BCUT2D eigenvalue weighted by atomic mass is 35.5. The molecule has 0 amide bonds. The Morgan fingerprint density at radius 3 is 2.53 bits per heavy atom. The summed E-state index contributed by atoms with van der Waals surface area (Å²) < 4.78 is 25.8. The highest BCUT2D eigenvalue weighted by molar-refractivity contribution is 6.31. The van der Waals surface area contributed by atoms with Crippen LogP contribution in [0.3, 0.4) is 0 Å². The second-order valence-electron chi connectivity index (χ2n) is 3.50. The summed E-state index contributed by atoms with van der Waals surface area (Å²) in [6.45, 7) is 0. The number of hydrogen-bond acceptors (Lipinski definition) is 2. The van der Waals surface area contributed by atoms with E-state index in [9.17, 15) is 13.9 Å². The predicted octanol–water partition coefficient (Wildman–Crippen LogP) is 3.09. The summed E-state index contributed by atoms with van der Waals surface area (Å²) >= 11 is 5.80. The maximum atomic E-state index is 12.9. The molecule has 17 heavy (non-hydrogen) atoms. The lowest BCUT2D eigenvalue weighted by Gasteiger charge is -2.12. The zero-order valence-electron chi connectivity index (χ0n) is 8.57. The lowest BCUT2D eigenvalue weighted by atomic mass is 10.0. The van der Waals surface area contributed by atoms with Crippen molar-refractivity contribution >= 4 is 11.6 Å². The second kappa shape index (κ2) is 4.77. The third kappa shape index (κ3) is 2.60. The molecule has 2 aromatic rings. The van der Waals surface area contributed by atoms with Crippen LogP contribution in [-0.4, -0.2) is 10.1 Å². The molecule has 1 N–H and O–H groups in total. The molecule has 0 aliphatic heterocycles. The minimum absolute atomic E-state index is 0.0850. The van der Waals surface area contributed by atoms with Crippen molar-refractivity contribution in [2.24, 2.45) is 0 Å². The summed E-state index contributed by atoms with van der Waals surface area (Å²) in [4.78, 5) is 3.63. The number of aliphatic hydroxyl groups is 1. The molecule has 0 aliphatic rings. The van der Waals surface area contributed by atoms with Gasteiger partial charge in [-0.2, -0.15) is 0 Å². The molecule has 1 unspecified atom stereocenters. The fraction of sp³-hybridized carbons (Fsp3) is 0.0833. The Hall–Kier alpha value is -1.52. The number of nitrogens with zero attached hydrogens (tertiary/aromatic N) is 1. The van der Waals surface area contributed by atoms with Crippen molar-refractivity contribution in [2.75, 3.05) is 0 Å². The molecule has 1 aromatic heterocycles. The number of rotatable bonds is 2. The topological polar surface area (TPSA) is 33.1 Å². The Bertz CT molecular complexity index is 548. The molecule has 1 atom stereocenters. The SMILES string of the molecule is OC(c1cncc(F)c1)c1ccc(F)cc1Cl. The van der Waals surface area contributed by atoms with E-state index >= 15 is 0 Å². The molecule has 0 aliphatic carbocycles. The first-order valence-electron chi connectivity index (χ1n) is 4.81. The molecule has 1 aromatic carbocycles. The summed E-state index contributed by atoms with van der Waals surface area (Å²) in [7, 11) is 0. The monoisotopic (exact) mass is 255 g/mol. The van der Waals surface area contributed by atoms with Crippen molar-refractivity contribution in [3.8, 4) is 0 Å². The van der Waals surface area contributed by atoms with E-state index in [1.165, 1.54) is 18.3 Å². The van der Waals surface area contributed by atoms with E-state index in [2.05, 4.69) is 4.98 Å². The van der Waals surface area contributed by atoms with Crippen molar-refractivity contribution in [3.05, 3.63) is 64.4 Å². The Morgan fingerprint density at radius 1 is 1.12 bits per heavy atom. The molecule has 1 heterocycles. The number of aromatic nitrogens is 1. The Kier molecular flexibility index (Phi) is 3.36. The number of pyridine rings is 1. The van der Waals surface area contributed by atoms with Crippen LogP contribution in [0.4, 0.5) is 8.78 Å². The predicted molar refractivity (Wildman–Crippen MR) is 59.7 cm³/mol. The van der Waals surface area contributed by atoms with Gasteiger partial charge in [-0.15, -0.1) is 0 Å². The average Bonchev–Trinajstić information content (AvgIpc) is 2.28. The number of benzene rings is 1. The summed E-state index contributed by atoms with van der Waals surface area (Å²) in [5.74, 6) is -1.05. The zero-order chi connectivity index (χ0) is 12.4. The molecule has 0 bridgehead atoms. The zero-order valence-corrected chi connectivity index (χ0v) is 9.33. The molecule has 0 radical (unpaired) electrons. The van der Waals surface area contributed by atoms with Crippen LogP contribution in [0.25, 0.3) is 0 Å². The smallest absolute Gasteiger partial charge is 0.141 e. The van der Waals surface area contributed by atoms with Crippen LogP contribution in [0.1, 0.15) is 17.2 Å². The average molecular weight is 256 g/mol. The molecule has 2 rings (SSSR count). The van der Waals surface area contributed by atoms with Crippen LogP contribution >= 0.6 is 11.6 Å². The first kappa shape index (κ1) is 12.0. The highest BCUT2D eigenvalue weighted by Gasteiger charge is 2.15. The van der Waals surface area contributed by atoms with Gasteiger partial charge in [0.25, 0.3) is 0 Å². The van der Waals surface area contributed by atoms with Crippen molar-refractivity contribution in [1.82, 2.24) is 4.98 Å². The van der Waals surface area contributed by atoms with Crippen LogP contribution in [-0.2, 0) is 0 Å². The van der Waals surface area contributed by atoms with E-state index in [0.717, 1.165) is 18.3 Å². The van der Waals surface area contributed by atoms with Crippen LogP contribution in [0.5, 0.6) is 0 Å². The maximum Gasteiger partial charge on any atom is 0.141 e. The third-order valence-corrected chi connectivity index (χ3v) is 2.63. The summed E-state index contributed by atoms with van der Waals surface area (Å²) in [6, 6.07) is 4.77. The van der Waals surface area contributed by atoms with Gasteiger partial charge >= 0.3 is 0 Å². The Balaban J connectivity index is 2.40. The van der Waals surface area contributed by atoms with Gasteiger partial charge < -0.3 is 5.11 Å². The van der Waals surface area contributed by atoms with Gasteiger partial charge in [0.05, 0.1) is 6.20 Å². The summed E-state index contributed by atoms with van der Waals surface area (Å²) in [6.07, 6.45) is 1.22. The molecule has 0 saturated carbocycles. The normalized spacial score (nSPS) is 12.5. The Labute approximate surface area is 102 Å². The minimum atomic E-state index is -1.13. The van der Waals surface area contributed by atoms with E-state index in [1.54, 1.807) is 0 Å². The van der Waals surface area contributed by atoms with Gasteiger partial charge in [-0.05, 0) is 18.2 Å². The number of halogens is 3. The van der Waals surface area contributed by atoms with Gasteiger partial charge in [-0.25, -0.2) is 8.78 Å². The fourth-order valence-electron chi connectivity index (χ4n) is 1.48. The molecular formula is C12H8ClF2NO. The molecule has 0 saturated heterocycles. The van der Waals surface area contributed by atoms with Gasteiger partial charge in [0.2, 0.25) is 0 Å². The van der Waals surface area contributed by atoms with E-state index in [-0.39, 0.29) is 10.6 Å². The molecular weight excluding hydrogens is 248 g/mol. The first-order chi connectivity index (χ1) is 8.08. The summed E-state index contributed by atoms with van der Waals surface area (Å²) in [5.41, 5.74) is 0.568. The van der Waals surface area contributed by atoms with E-state index in [4.69, 9.17) is 11.6 Å². The third-order valence-electron chi connectivity index (χ3n) is 2.30. The lowest BCUT2D eigenvalue weighted by molar-refractivity contribution is 0.219. The standard InChI is InChI=1S/C12H8ClF2NO/c13-11-4-8(14)1-2-10(11)12(17)7-3-9(15)6-16-5-7/h1-6,12,17H. The quantitative estimate of drug-likeness (QED) is 0.895.